The van der Waals surface area contributed by atoms with E-state index in [-0.39, 0.29) is 6.54 Å². The number of thiophene rings is 1. The number of hydrogen-bond donors (Lipinski definition) is 3. The molecule has 0 spiro atoms. The van der Waals surface area contributed by atoms with E-state index in [0.29, 0.717) is 12.5 Å². The third-order valence-corrected chi connectivity index (χ3v) is 5.24. The highest BCUT2D eigenvalue weighted by Crippen LogP contribution is 2.25. The lowest BCUT2D eigenvalue weighted by atomic mass is 10.1. The Morgan fingerprint density at radius 1 is 1.22 bits per heavy atom. The van der Waals surface area contributed by atoms with Crippen LogP contribution in [0.2, 0.25) is 0 Å². The fourth-order valence-corrected chi connectivity index (χ4v) is 3.41. The molecule has 6 nitrogen and oxygen atoms in total. The van der Waals surface area contributed by atoms with E-state index in [1.807, 2.05) is 42.6 Å². The molecule has 2 aromatic rings. The number of rotatable bonds is 9. The third-order valence-electron chi connectivity index (χ3n) is 4.12. The summed E-state index contributed by atoms with van der Waals surface area (Å²) in [5.41, 5.74) is 0.0813. The zero-order valence-corrected chi connectivity index (χ0v) is 17.2. The van der Waals surface area contributed by atoms with Crippen LogP contribution in [-0.4, -0.2) is 44.9 Å². The number of guanidine groups is 1. The maximum atomic E-state index is 10.6. The van der Waals surface area contributed by atoms with Gasteiger partial charge in [-0.25, -0.2) is 4.99 Å². The molecule has 2 rings (SSSR count). The molecule has 0 saturated heterocycles. The average molecular weight is 392 g/mol. The number of aliphatic imine (C=N–C) groups is 1. The molecule has 1 atom stereocenters. The summed E-state index contributed by atoms with van der Waals surface area (Å²) >= 11 is 1.53. The lowest BCUT2D eigenvalue weighted by Crippen LogP contribution is -2.39. The van der Waals surface area contributed by atoms with Crippen LogP contribution >= 0.6 is 11.3 Å². The van der Waals surface area contributed by atoms with Gasteiger partial charge in [-0.3, -0.25) is 0 Å². The van der Waals surface area contributed by atoms with Crippen molar-refractivity contribution in [1.29, 1.82) is 0 Å². The molecule has 0 saturated carbocycles. The molecule has 148 valence electrons. The van der Waals surface area contributed by atoms with Gasteiger partial charge in [-0.15, -0.1) is 11.3 Å². The second kappa shape index (κ2) is 10.2. The Bertz CT molecular complexity index is 730. The minimum absolute atomic E-state index is 0.283. The molecule has 1 heterocycles. The largest absolute Gasteiger partial charge is 0.497 e. The van der Waals surface area contributed by atoms with E-state index in [0.717, 1.165) is 34.9 Å². The Hall–Kier alpha value is -2.25. The highest BCUT2D eigenvalue weighted by Gasteiger charge is 2.24. The number of benzene rings is 1. The second-order valence-corrected chi connectivity index (χ2v) is 7.25. The van der Waals surface area contributed by atoms with Crippen molar-refractivity contribution in [2.75, 3.05) is 33.9 Å². The standard InChI is InChI=1S/C20H29N3O3S/c1-5-21-19(23-14-20(2,24)18-7-6-12-27-18)22-11-10-15-13-16(25-3)8-9-17(15)26-4/h6-9,12-13,24H,5,10-11,14H2,1-4H3,(H2,21,22,23). The first-order valence-electron chi connectivity index (χ1n) is 8.99. The summed E-state index contributed by atoms with van der Waals surface area (Å²) in [6, 6.07) is 9.63. The van der Waals surface area contributed by atoms with Crippen LogP contribution in [0.3, 0.4) is 0 Å². The molecule has 0 aliphatic carbocycles. The second-order valence-electron chi connectivity index (χ2n) is 6.30. The predicted molar refractivity (Wildman–Crippen MR) is 111 cm³/mol. The van der Waals surface area contributed by atoms with E-state index in [9.17, 15) is 5.11 Å². The van der Waals surface area contributed by atoms with Gasteiger partial charge >= 0.3 is 0 Å². The smallest absolute Gasteiger partial charge is 0.191 e. The number of nitrogens with one attached hydrogen (secondary N) is 2. The maximum absolute atomic E-state index is 10.6. The molecule has 7 heteroatoms. The fourth-order valence-electron chi connectivity index (χ4n) is 2.63. The molecule has 0 aliphatic rings. The molecule has 1 unspecified atom stereocenters. The van der Waals surface area contributed by atoms with Crippen LogP contribution in [0.5, 0.6) is 11.5 Å². The number of aliphatic hydroxyl groups is 1. The predicted octanol–water partition coefficient (Wildman–Crippen LogP) is 2.77. The first kappa shape index (κ1) is 21.1. The summed E-state index contributed by atoms with van der Waals surface area (Å²) in [5, 5.41) is 19.1. The third kappa shape index (κ3) is 6.15. The molecular formula is C20H29N3O3S. The van der Waals surface area contributed by atoms with Gasteiger partial charge in [0.05, 0.1) is 20.8 Å². The molecule has 1 aromatic heterocycles. The molecule has 27 heavy (non-hydrogen) atoms. The van der Waals surface area contributed by atoms with Crippen LogP contribution in [0.1, 0.15) is 24.3 Å². The molecular weight excluding hydrogens is 362 g/mol. The summed E-state index contributed by atoms with van der Waals surface area (Å²) in [6.45, 7) is 5.50. The first-order valence-corrected chi connectivity index (χ1v) is 9.87. The number of ether oxygens (including phenoxy) is 2. The molecule has 1 aromatic carbocycles. The van der Waals surface area contributed by atoms with Gasteiger partial charge in [0.1, 0.15) is 17.1 Å². The molecule has 3 N–H and O–H groups in total. The summed E-state index contributed by atoms with van der Waals surface area (Å²) in [4.78, 5) is 5.45. The van der Waals surface area contributed by atoms with E-state index in [2.05, 4.69) is 15.6 Å². The summed E-state index contributed by atoms with van der Waals surface area (Å²) in [6.07, 6.45) is 0.756. The Balaban J connectivity index is 1.98. The van der Waals surface area contributed by atoms with Crippen LogP contribution in [-0.2, 0) is 12.0 Å². The molecule has 0 aliphatic heterocycles. The quantitative estimate of drug-likeness (QED) is 0.453. The number of methoxy groups -OCH3 is 2. The normalized spacial score (nSPS) is 13.7. The molecule has 0 fully saturated rings. The van der Waals surface area contributed by atoms with Crippen molar-refractivity contribution in [3.05, 3.63) is 46.2 Å². The van der Waals surface area contributed by atoms with Crippen molar-refractivity contribution in [3.63, 3.8) is 0 Å². The molecule has 0 bridgehead atoms. The van der Waals surface area contributed by atoms with E-state index in [4.69, 9.17) is 9.47 Å². The van der Waals surface area contributed by atoms with Crippen molar-refractivity contribution >= 4 is 17.3 Å². The van der Waals surface area contributed by atoms with Crippen molar-refractivity contribution in [2.24, 2.45) is 4.99 Å². The van der Waals surface area contributed by atoms with Crippen LogP contribution < -0.4 is 20.1 Å². The molecule has 0 amide bonds. The van der Waals surface area contributed by atoms with Gasteiger partial charge in [-0.05, 0) is 55.5 Å². The van der Waals surface area contributed by atoms with Gasteiger partial charge in [-0.1, -0.05) is 6.07 Å². The van der Waals surface area contributed by atoms with E-state index in [1.54, 1.807) is 21.1 Å². The average Bonchev–Trinajstić information content (AvgIpc) is 3.22. The summed E-state index contributed by atoms with van der Waals surface area (Å²) < 4.78 is 10.7. The van der Waals surface area contributed by atoms with Crippen LogP contribution in [0, 0.1) is 0 Å². The zero-order valence-electron chi connectivity index (χ0n) is 16.4. The Morgan fingerprint density at radius 2 is 2.04 bits per heavy atom. The Morgan fingerprint density at radius 3 is 2.67 bits per heavy atom. The minimum atomic E-state index is -0.980. The first-order chi connectivity index (χ1) is 13.0. The van der Waals surface area contributed by atoms with Gasteiger partial charge in [0, 0.05) is 18.0 Å². The Labute approximate surface area is 165 Å². The van der Waals surface area contributed by atoms with E-state index in [1.165, 1.54) is 11.3 Å². The summed E-state index contributed by atoms with van der Waals surface area (Å²) in [5.74, 6) is 2.31. The Kier molecular flexibility index (Phi) is 7.94. The van der Waals surface area contributed by atoms with Crippen LogP contribution in [0.15, 0.2) is 40.7 Å². The molecule has 0 radical (unpaired) electrons. The van der Waals surface area contributed by atoms with Crippen LogP contribution in [0.25, 0.3) is 0 Å². The fraction of sp³-hybridized carbons (Fsp3) is 0.450. The van der Waals surface area contributed by atoms with Gasteiger partial charge in [0.2, 0.25) is 0 Å². The van der Waals surface area contributed by atoms with Gasteiger partial charge in [0.15, 0.2) is 5.96 Å². The topological polar surface area (TPSA) is 75.1 Å². The highest BCUT2D eigenvalue weighted by atomic mass is 32.1. The van der Waals surface area contributed by atoms with E-state index < -0.39 is 5.60 Å². The van der Waals surface area contributed by atoms with Crippen molar-refractivity contribution < 1.29 is 14.6 Å². The van der Waals surface area contributed by atoms with Crippen molar-refractivity contribution in [3.8, 4) is 11.5 Å². The van der Waals surface area contributed by atoms with Gasteiger partial charge < -0.3 is 25.2 Å². The zero-order chi connectivity index (χ0) is 19.7. The van der Waals surface area contributed by atoms with Gasteiger partial charge in [-0.2, -0.15) is 0 Å². The van der Waals surface area contributed by atoms with Crippen molar-refractivity contribution in [1.82, 2.24) is 10.6 Å². The highest BCUT2D eigenvalue weighted by molar-refractivity contribution is 7.10. The SMILES string of the molecule is CCNC(=NCC(C)(O)c1cccs1)NCCc1cc(OC)ccc1OC. The van der Waals surface area contributed by atoms with E-state index >= 15 is 0 Å². The lowest BCUT2D eigenvalue weighted by molar-refractivity contribution is 0.0711. The number of hydrogen-bond acceptors (Lipinski definition) is 5. The summed E-state index contributed by atoms with van der Waals surface area (Å²) in [7, 11) is 3.32. The van der Waals surface area contributed by atoms with Crippen LogP contribution in [0.4, 0.5) is 0 Å². The van der Waals surface area contributed by atoms with Crippen molar-refractivity contribution in [2.45, 2.75) is 25.9 Å². The number of nitrogens with zero attached hydrogens (tertiary/aromatic N) is 1. The minimum Gasteiger partial charge on any atom is -0.497 e. The van der Waals surface area contributed by atoms with Gasteiger partial charge in [0.25, 0.3) is 0 Å². The maximum Gasteiger partial charge on any atom is 0.191 e. The monoisotopic (exact) mass is 391 g/mol. The lowest BCUT2D eigenvalue weighted by Gasteiger charge is -2.20.